The van der Waals surface area contributed by atoms with Crippen molar-refractivity contribution in [2.75, 3.05) is 32.9 Å². The lowest BCUT2D eigenvalue weighted by Gasteiger charge is -2.35. The van der Waals surface area contributed by atoms with Gasteiger partial charge in [-0.05, 0) is 24.1 Å². The number of piperazine rings is 1. The minimum Gasteiger partial charge on any atom is -0.314 e. The molecule has 0 aromatic heterocycles. The summed E-state index contributed by atoms with van der Waals surface area (Å²) < 4.78 is 12.7. The largest absolute Gasteiger partial charge is 0.314 e. The summed E-state index contributed by atoms with van der Waals surface area (Å²) in [5, 5.41) is 4.04. The van der Waals surface area contributed by atoms with Gasteiger partial charge in [-0.25, -0.2) is 0 Å². The molecule has 1 aliphatic heterocycles. The SMILES string of the molecule is FCC[C@@H](c1cccc(Cl)c1)N1CCNCC1. The highest BCUT2D eigenvalue weighted by atomic mass is 35.5. The smallest absolute Gasteiger partial charge is 0.0912 e. The Labute approximate surface area is 107 Å². The van der Waals surface area contributed by atoms with Crippen LogP contribution in [0, 0.1) is 0 Å². The summed E-state index contributed by atoms with van der Waals surface area (Å²) in [4.78, 5) is 2.34. The van der Waals surface area contributed by atoms with Gasteiger partial charge in [0.05, 0.1) is 6.67 Å². The third kappa shape index (κ3) is 3.41. The Morgan fingerprint density at radius 3 is 2.76 bits per heavy atom. The summed E-state index contributed by atoms with van der Waals surface area (Å²) in [6.45, 7) is 3.60. The van der Waals surface area contributed by atoms with Crippen molar-refractivity contribution < 1.29 is 4.39 Å². The van der Waals surface area contributed by atoms with Crippen molar-refractivity contribution in [3.8, 4) is 0 Å². The summed E-state index contributed by atoms with van der Waals surface area (Å²) in [6, 6.07) is 7.93. The highest BCUT2D eigenvalue weighted by molar-refractivity contribution is 6.30. The van der Waals surface area contributed by atoms with Gasteiger partial charge in [0.1, 0.15) is 0 Å². The van der Waals surface area contributed by atoms with Crippen LogP contribution in [0.15, 0.2) is 24.3 Å². The van der Waals surface area contributed by atoms with Crippen LogP contribution in [0.1, 0.15) is 18.0 Å². The van der Waals surface area contributed by atoms with Gasteiger partial charge >= 0.3 is 0 Å². The van der Waals surface area contributed by atoms with E-state index in [1.807, 2.05) is 24.3 Å². The molecule has 1 aromatic carbocycles. The van der Waals surface area contributed by atoms with E-state index in [-0.39, 0.29) is 12.7 Å². The number of alkyl halides is 1. The number of nitrogens with one attached hydrogen (secondary N) is 1. The lowest BCUT2D eigenvalue weighted by atomic mass is 10.0. The molecule has 0 radical (unpaired) electrons. The maximum atomic E-state index is 12.7. The van der Waals surface area contributed by atoms with E-state index in [4.69, 9.17) is 11.6 Å². The van der Waals surface area contributed by atoms with Gasteiger partial charge in [0.25, 0.3) is 0 Å². The molecule has 1 heterocycles. The van der Waals surface area contributed by atoms with Gasteiger partial charge < -0.3 is 5.32 Å². The monoisotopic (exact) mass is 256 g/mol. The molecule has 2 rings (SSSR count). The Morgan fingerprint density at radius 1 is 1.35 bits per heavy atom. The second-order valence-corrected chi connectivity index (χ2v) is 4.77. The van der Waals surface area contributed by atoms with Crippen molar-refractivity contribution in [3.05, 3.63) is 34.9 Å². The maximum Gasteiger partial charge on any atom is 0.0912 e. The van der Waals surface area contributed by atoms with Gasteiger partial charge in [-0.15, -0.1) is 0 Å². The Kier molecular flexibility index (Phi) is 4.77. The molecule has 0 amide bonds. The van der Waals surface area contributed by atoms with Crippen molar-refractivity contribution in [2.24, 2.45) is 0 Å². The quantitative estimate of drug-likeness (QED) is 0.891. The van der Waals surface area contributed by atoms with Gasteiger partial charge in [0, 0.05) is 37.2 Å². The molecular weight excluding hydrogens is 239 g/mol. The molecule has 17 heavy (non-hydrogen) atoms. The molecule has 1 fully saturated rings. The molecule has 0 unspecified atom stereocenters. The van der Waals surface area contributed by atoms with Crippen molar-refractivity contribution >= 4 is 11.6 Å². The molecule has 0 saturated carbocycles. The number of hydrogen-bond acceptors (Lipinski definition) is 2. The van der Waals surface area contributed by atoms with E-state index in [0.717, 1.165) is 36.8 Å². The Bertz CT molecular complexity index is 353. The third-order valence-electron chi connectivity index (χ3n) is 3.21. The van der Waals surface area contributed by atoms with Gasteiger partial charge in [-0.2, -0.15) is 0 Å². The van der Waals surface area contributed by atoms with Crippen molar-refractivity contribution in [1.29, 1.82) is 0 Å². The molecule has 4 heteroatoms. The minimum atomic E-state index is -0.291. The fourth-order valence-electron chi connectivity index (χ4n) is 2.37. The summed E-state index contributed by atoms with van der Waals surface area (Å²) >= 11 is 6.00. The van der Waals surface area contributed by atoms with Crippen LogP contribution in [0.2, 0.25) is 5.02 Å². The zero-order valence-corrected chi connectivity index (χ0v) is 10.6. The standard InChI is InChI=1S/C13H18ClFN2/c14-12-3-1-2-11(10-12)13(4-5-15)17-8-6-16-7-9-17/h1-3,10,13,16H,4-9H2/t13-/m0/s1. The van der Waals surface area contributed by atoms with Crippen LogP contribution in [0.4, 0.5) is 4.39 Å². The Morgan fingerprint density at radius 2 is 2.12 bits per heavy atom. The number of halogens is 2. The van der Waals surface area contributed by atoms with Crippen LogP contribution in [0.5, 0.6) is 0 Å². The van der Waals surface area contributed by atoms with Crippen LogP contribution in [0.25, 0.3) is 0 Å². The number of nitrogens with zero attached hydrogens (tertiary/aromatic N) is 1. The average molecular weight is 257 g/mol. The predicted octanol–water partition coefficient (Wildman–Crippen LogP) is 2.65. The second-order valence-electron chi connectivity index (χ2n) is 4.33. The van der Waals surface area contributed by atoms with Crippen LogP contribution in [0.3, 0.4) is 0 Å². The molecule has 0 spiro atoms. The van der Waals surface area contributed by atoms with E-state index in [2.05, 4.69) is 10.2 Å². The first-order chi connectivity index (χ1) is 8.31. The van der Waals surface area contributed by atoms with E-state index in [1.165, 1.54) is 0 Å². The van der Waals surface area contributed by atoms with Crippen molar-refractivity contribution in [2.45, 2.75) is 12.5 Å². The van der Waals surface area contributed by atoms with Crippen LogP contribution in [-0.4, -0.2) is 37.8 Å². The molecule has 1 saturated heterocycles. The molecule has 1 N–H and O–H groups in total. The molecule has 94 valence electrons. The maximum absolute atomic E-state index is 12.7. The lowest BCUT2D eigenvalue weighted by Crippen LogP contribution is -2.45. The first kappa shape index (κ1) is 12.8. The molecule has 1 atom stereocenters. The van der Waals surface area contributed by atoms with Gasteiger partial charge in [-0.3, -0.25) is 9.29 Å². The summed E-state index contributed by atoms with van der Waals surface area (Å²) in [5.41, 5.74) is 1.12. The molecule has 0 aliphatic carbocycles. The first-order valence-electron chi connectivity index (χ1n) is 6.07. The fourth-order valence-corrected chi connectivity index (χ4v) is 2.57. The summed E-state index contributed by atoms with van der Waals surface area (Å²) in [7, 11) is 0. The molecule has 2 nitrogen and oxygen atoms in total. The van der Waals surface area contributed by atoms with Gasteiger partial charge in [0.2, 0.25) is 0 Å². The molecule has 1 aliphatic rings. The number of benzene rings is 1. The molecule has 0 bridgehead atoms. The first-order valence-corrected chi connectivity index (χ1v) is 6.45. The van der Waals surface area contributed by atoms with E-state index >= 15 is 0 Å². The zero-order chi connectivity index (χ0) is 12.1. The van der Waals surface area contributed by atoms with Crippen LogP contribution < -0.4 is 5.32 Å². The van der Waals surface area contributed by atoms with Crippen LogP contribution >= 0.6 is 11.6 Å². The topological polar surface area (TPSA) is 15.3 Å². The van der Waals surface area contributed by atoms with Gasteiger partial charge in [-0.1, -0.05) is 23.7 Å². The zero-order valence-electron chi connectivity index (χ0n) is 9.83. The fraction of sp³-hybridized carbons (Fsp3) is 0.538. The minimum absolute atomic E-state index is 0.154. The Balaban J connectivity index is 2.15. The van der Waals surface area contributed by atoms with Crippen molar-refractivity contribution in [3.63, 3.8) is 0 Å². The van der Waals surface area contributed by atoms with E-state index in [1.54, 1.807) is 0 Å². The predicted molar refractivity (Wildman–Crippen MR) is 69.2 cm³/mol. The molecular formula is C13H18ClFN2. The number of rotatable bonds is 4. The van der Waals surface area contributed by atoms with Gasteiger partial charge in [0.15, 0.2) is 0 Å². The highest BCUT2D eigenvalue weighted by Gasteiger charge is 2.21. The average Bonchev–Trinajstić information content (AvgIpc) is 2.37. The second kappa shape index (κ2) is 6.34. The third-order valence-corrected chi connectivity index (χ3v) is 3.44. The summed E-state index contributed by atoms with van der Waals surface area (Å²) in [6.07, 6.45) is 0.542. The van der Waals surface area contributed by atoms with E-state index in [9.17, 15) is 4.39 Å². The molecule has 1 aromatic rings. The van der Waals surface area contributed by atoms with Crippen molar-refractivity contribution in [1.82, 2.24) is 10.2 Å². The van der Waals surface area contributed by atoms with Crippen LogP contribution in [-0.2, 0) is 0 Å². The van der Waals surface area contributed by atoms with E-state index in [0.29, 0.717) is 6.42 Å². The lowest BCUT2D eigenvalue weighted by molar-refractivity contribution is 0.157. The number of hydrogen-bond donors (Lipinski definition) is 1. The normalized spacial score (nSPS) is 19.2. The highest BCUT2D eigenvalue weighted by Crippen LogP contribution is 2.26. The summed E-state index contributed by atoms with van der Waals surface area (Å²) in [5.74, 6) is 0. The Hall–Kier alpha value is -0.640. The van der Waals surface area contributed by atoms with E-state index < -0.39 is 0 Å².